The monoisotopic (exact) mass is 206 g/mol. The summed E-state index contributed by atoms with van der Waals surface area (Å²) in [6.45, 7) is 6.28. The molecule has 0 nitrogen and oxygen atoms in total. The van der Waals surface area contributed by atoms with Crippen molar-refractivity contribution in [2.24, 2.45) is 5.41 Å². The van der Waals surface area contributed by atoms with Crippen LogP contribution in [-0.2, 0) is 0 Å². The Morgan fingerprint density at radius 1 is 1.13 bits per heavy atom. The van der Waals surface area contributed by atoms with E-state index < -0.39 is 0 Å². The van der Waals surface area contributed by atoms with Crippen LogP contribution in [0.3, 0.4) is 0 Å². The summed E-state index contributed by atoms with van der Waals surface area (Å²) in [5.41, 5.74) is 0.352. The van der Waals surface area contributed by atoms with Crippen molar-refractivity contribution in [1.82, 2.24) is 0 Å². The van der Waals surface area contributed by atoms with Gasteiger partial charge in [0.2, 0.25) is 0 Å². The summed E-state index contributed by atoms with van der Waals surface area (Å²) >= 11 is 0. The zero-order valence-electron chi connectivity index (χ0n) is 10.3. The maximum Gasteiger partial charge on any atom is 0.00583 e. The molecule has 1 saturated carbocycles. The fraction of sp³-hybridized carbons (Fsp3) is 0.733. The fourth-order valence-electron chi connectivity index (χ4n) is 2.48. The molecule has 0 aliphatic heterocycles. The average Bonchev–Trinajstić information content (AvgIpc) is 2.30. The van der Waals surface area contributed by atoms with Crippen LogP contribution in [0.5, 0.6) is 0 Å². The maximum atomic E-state index is 4.02. The summed E-state index contributed by atoms with van der Waals surface area (Å²) in [4.78, 5) is 0. The molecule has 1 aliphatic rings. The van der Waals surface area contributed by atoms with Gasteiger partial charge in [0.15, 0.2) is 0 Å². The first-order valence-electron chi connectivity index (χ1n) is 6.64. The van der Waals surface area contributed by atoms with Gasteiger partial charge in [-0.05, 0) is 25.7 Å². The number of hydrogen-bond acceptors (Lipinski definition) is 0. The van der Waals surface area contributed by atoms with E-state index in [0.29, 0.717) is 5.41 Å². The molecule has 0 atom stereocenters. The van der Waals surface area contributed by atoms with Gasteiger partial charge in [-0.25, -0.2) is 0 Å². The number of unbranched alkanes of at least 4 members (excludes halogenated alkanes) is 3. The maximum absolute atomic E-state index is 4.02. The highest BCUT2D eigenvalue weighted by Gasteiger charge is 2.25. The summed E-state index contributed by atoms with van der Waals surface area (Å²) in [5.74, 6) is 0. The van der Waals surface area contributed by atoms with Gasteiger partial charge >= 0.3 is 0 Å². The molecule has 1 aliphatic carbocycles. The summed E-state index contributed by atoms with van der Waals surface area (Å²) in [6.07, 6.45) is 19.1. The van der Waals surface area contributed by atoms with Crippen molar-refractivity contribution in [1.29, 1.82) is 0 Å². The molecule has 0 saturated heterocycles. The second-order valence-electron chi connectivity index (χ2n) is 4.90. The average molecular weight is 206 g/mol. The summed E-state index contributed by atoms with van der Waals surface area (Å²) in [7, 11) is 0. The highest BCUT2D eigenvalue weighted by molar-refractivity contribution is 5.10. The van der Waals surface area contributed by atoms with Gasteiger partial charge < -0.3 is 0 Å². The van der Waals surface area contributed by atoms with Crippen LogP contribution in [0.15, 0.2) is 24.8 Å². The molecular weight excluding hydrogens is 180 g/mol. The molecule has 0 aromatic heterocycles. The first kappa shape index (κ1) is 12.5. The zero-order chi connectivity index (χ0) is 11.0. The minimum atomic E-state index is 0.352. The van der Waals surface area contributed by atoms with Gasteiger partial charge in [0.1, 0.15) is 0 Å². The van der Waals surface area contributed by atoms with Crippen molar-refractivity contribution >= 4 is 0 Å². The molecule has 0 spiro atoms. The smallest absolute Gasteiger partial charge is 0.00583 e. The predicted octanol–water partition coefficient (Wildman–Crippen LogP) is 5.26. The molecule has 0 heterocycles. The number of rotatable bonds is 6. The van der Waals surface area contributed by atoms with Crippen molar-refractivity contribution in [2.75, 3.05) is 0 Å². The first-order valence-corrected chi connectivity index (χ1v) is 6.64. The molecule has 0 bridgehead atoms. The lowest BCUT2D eigenvalue weighted by Gasteiger charge is -2.31. The lowest BCUT2D eigenvalue weighted by atomic mass is 9.74. The minimum absolute atomic E-state index is 0.352. The van der Waals surface area contributed by atoms with Crippen LogP contribution < -0.4 is 0 Å². The number of hydrogen-bond donors (Lipinski definition) is 0. The van der Waals surface area contributed by atoms with Gasteiger partial charge in [0.25, 0.3) is 0 Å². The quantitative estimate of drug-likeness (QED) is 0.411. The van der Waals surface area contributed by atoms with Crippen molar-refractivity contribution in [3.05, 3.63) is 24.8 Å². The van der Waals surface area contributed by atoms with Crippen molar-refractivity contribution < 1.29 is 0 Å². The van der Waals surface area contributed by atoms with Crippen LogP contribution in [0.4, 0.5) is 0 Å². The molecule has 0 heteroatoms. The zero-order valence-corrected chi connectivity index (χ0v) is 10.3. The SMILES string of the molecule is C=CC1(/C=C/CCCCC)CCCCC1. The lowest BCUT2D eigenvalue weighted by Crippen LogP contribution is -2.18. The van der Waals surface area contributed by atoms with Gasteiger partial charge in [-0.2, -0.15) is 0 Å². The van der Waals surface area contributed by atoms with E-state index in [1.165, 1.54) is 57.8 Å². The van der Waals surface area contributed by atoms with Crippen molar-refractivity contribution in [2.45, 2.75) is 64.7 Å². The normalized spacial score (nSPS) is 20.6. The molecule has 1 rings (SSSR count). The van der Waals surface area contributed by atoms with Crippen LogP contribution in [0, 0.1) is 5.41 Å². The second-order valence-corrected chi connectivity index (χ2v) is 4.90. The third-order valence-electron chi connectivity index (χ3n) is 3.62. The van der Waals surface area contributed by atoms with Crippen LogP contribution in [0.2, 0.25) is 0 Å². The summed E-state index contributed by atoms with van der Waals surface area (Å²) < 4.78 is 0. The van der Waals surface area contributed by atoms with E-state index in [9.17, 15) is 0 Å². The molecule has 86 valence electrons. The summed E-state index contributed by atoms with van der Waals surface area (Å²) in [5, 5.41) is 0. The standard InChI is InChI=1S/C15H26/c1-3-5-6-7-9-12-15(4-2)13-10-8-11-14-15/h4,9,12H,2-3,5-8,10-11,13-14H2,1H3/b12-9+. The summed E-state index contributed by atoms with van der Waals surface area (Å²) in [6, 6.07) is 0. The third kappa shape index (κ3) is 4.24. The molecule has 0 amide bonds. The van der Waals surface area contributed by atoms with Gasteiger partial charge in [0.05, 0.1) is 0 Å². The van der Waals surface area contributed by atoms with Crippen LogP contribution in [0.1, 0.15) is 64.7 Å². The van der Waals surface area contributed by atoms with Gasteiger partial charge in [-0.3, -0.25) is 0 Å². The third-order valence-corrected chi connectivity index (χ3v) is 3.62. The van der Waals surface area contributed by atoms with Gasteiger partial charge in [0, 0.05) is 5.41 Å². The van der Waals surface area contributed by atoms with Crippen molar-refractivity contribution in [3.63, 3.8) is 0 Å². The molecule has 1 fully saturated rings. The highest BCUT2D eigenvalue weighted by Crippen LogP contribution is 2.38. The largest absolute Gasteiger partial charge is 0.102 e. The Morgan fingerprint density at radius 2 is 1.87 bits per heavy atom. The van der Waals surface area contributed by atoms with E-state index in [2.05, 4.69) is 31.7 Å². The second kappa shape index (κ2) is 6.87. The molecule has 0 unspecified atom stereocenters. The van der Waals surface area contributed by atoms with E-state index in [-0.39, 0.29) is 0 Å². The minimum Gasteiger partial charge on any atom is -0.102 e. The van der Waals surface area contributed by atoms with E-state index in [4.69, 9.17) is 0 Å². The number of allylic oxidation sites excluding steroid dienone is 3. The Kier molecular flexibility index (Phi) is 5.75. The Balaban J connectivity index is 2.34. The molecular formula is C15H26. The van der Waals surface area contributed by atoms with Crippen LogP contribution in [0.25, 0.3) is 0 Å². The van der Waals surface area contributed by atoms with E-state index in [1.54, 1.807) is 0 Å². The Labute approximate surface area is 95.5 Å². The highest BCUT2D eigenvalue weighted by atomic mass is 14.3. The topological polar surface area (TPSA) is 0 Å². The van der Waals surface area contributed by atoms with E-state index >= 15 is 0 Å². The van der Waals surface area contributed by atoms with Gasteiger partial charge in [-0.1, -0.05) is 57.3 Å². The van der Waals surface area contributed by atoms with Crippen LogP contribution in [-0.4, -0.2) is 0 Å². The predicted molar refractivity (Wildman–Crippen MR) is 69.0 cm³/mol. The Morgan fingerprint density at radius 3 is 2.47 bits per heavy atom. The van der Waals surface area contributed by atoms with E-state index in [1.807, 2.05) is 0 Å². The molecule has 0 N–H and O–H groups in total. The molecule has 15 heavy (non-hydrogen) atoms. The molecule has 0 aromatic carbocycles. The Hall–Kier alpha value is -0.520. The van der Waals surface area contributed by atoms with Gasteiger partial charge in [-0.15, -0.1) is 6.58 Å². The first-order chi connectivity index (χ1) is 7.33. The van der Waals surface area contributed by atoms with Crippen molar-refractivity contribution in [3.8, 4) is 0 Å². The molecule has 0 aromatic rings. The fourth-order valence-corrected chi connectivity index (χ4v) is 2.48. The molecule has 0 radical (unpaired) electrons. The van der Waals surface area contributed by atoms with E-state index in [0.717, 1.165) is 0 Å². The lowest BCUT2D eigenvalue weighted by molar-refractivity contribution is 0.326. The van der Waals surface area contributed by atoms with Crippen LogP contribution >= 0.6 is 0 Å². The Bertz CT molecular complexity index is 194.